The molecule has 7 atom stereocenters. The summed E-state index contributed by atoms with van der Waals surface area (Å²) >= 11 is 0. The van der Waals surface area contributed by atoms with Gasteiger partial charge in [0.25, 0.3) is 0 Å². The molecule has 0 aromatic carbocycles. The van der Waals surface area contributed by atoms with E-state index < -0.39 is 0 Å². The SMILES string of the molecule is C[C@@H]1[C@H](O)[C@H](C)[C@H]2O[C@@H]1[C@@H]1O[C@@H]12. The highest BCUT2D eigenvalue weighted by molar-refractivity contribution is 5.11. The molecule has 3 rings (SSSR count). The van der Waals surface area contributed by atoms with Gasteiger partial charge in [0.15, 0.2) is 0 Å². The Bertz CT molecular complexity index is 198. The minimum Gasteiger partial charge on any atom is -0.392 e. The normalized spacial score (nSPS) is 67.8. The molecule has 68 valence electrons. The van der Waals surface area contributed by atoms with E-state index in [-0.39, 0.29) is 30.1 Å². The highest BCUT2D eigenvalue weighted by Crippen LogP contribution is 2.50. The minimum atomic E-state index is -0.204. The molecule has 0 spiro atoms. The first kappa shape index (κ1) is 7.30. The quantitative estimate of drug-likeness (QED) is 0.527. The lowest BCUT2D eigenvalue weighted by Crippen LogP contribution is -2.47. The fourth-order valence-corrected chi connectivity index (χ4v) is 2.71. The van der Waals surface area contributed by atoms with Crippen molar-refractivity contribution in [2.75, 3.05) is 0 Å². The molecular formula is C9H14O3. The van der Waals surface area contributed by atoms with Gasteiger partial charge in [0.1, 0.15) is 12.2 Å². The minimum absolute atomic E-state index is 0.159. The summed E-state index contributed by atoms with van der Waals surface area (Å²) in [5.74, 6) is 0.461. The maximum absolute atomic E-state index is 9.83. The first-order valence-electron chi connectivity index (χ1n) is 4.69. The average Bonchev–Trinajstić information content (AvgIpc) is 2.76. The Morgan fingerprint density at radius 3 is 1.75 bits per heavy atom. The van der Waals surface area contributed by atoms with Crippen molar-refractivity contribution in [3.8, 4) is 0 Å². The van der Waals surface area contributed by atoms with Gasteiger partial charge in [0.2, 0.25) is 0 Å². The zero-order valence-corrected chi connectivity index (χ0v) is 7.31. The number of aliphatic hydroxyl groups is 1. The van der Waals surface area contributed by atoms with Crippen LogP contribution in [-0.2, 0) is 9.47 Å². The Hall–Kier alpha value is -0.120. The second-order valence-electron chi connectivity index (χ2n) is 4.34. The number of ether oxygens (including phenoxy) is 2. The lowest BCUT2D eigenvalue weighted by molar-refractivity contribution is -0.164. The third-order valence-corrected chi connectivity index (χ3v) is 3.64. The van der Waals surface area contributed by atoms with Gasteiger partial charge >= 0.3 is 0 Å². The molecule has 0 aromatic rings. The standard InChI is InChI=1S/C9H14O3/c1-3-5(10)4(2)7-9-8(12-9)6(3)11-7/h3-10H,1-2H3/t3-,4+,5+,6+,7-,8+,9-. The van der Waals surface area contributed by atoms with E-state index in [4.69, 9.17) is 9.47 Å². The Morgan fingerprint density at radius 2 is 1.25 bits per heavy atom. The van der Waals surface area contributed by atoms with Gasteiger partial charge < -0.3 is 14.6 Å². The Kier molecular flexibility index (Phi) is 1.23. The summed E-state index contributed by atoms with van der Waals surface area (Å²) in [5, 5.41) is 9.83. The maximum Gasteiger partial charge on any atom is 0.113 e. The van der Waals surface area contributed by atoms with Crippen LogP contribution in [0.15, 0.2) is 0 Å². The van der Waals surface area contributed by atoms with Gasteiger partial charge in [-0.25, -0.2) is 0 Å². The van der Waals surface area contributed by atoms with Crippen LogP contribution in [0.1, 0.15) is 13.8 Å². The van der Waals surface area contributed by atoms with Crippen LogP contribution >= 0.6 is 0 Å². The van der Waals surface area contributed by atoms with E-state index >= 15 is 0 Å². The van der Waals surface area contributed by atoms with Crippen LogP contribution in [0.5, 0.6) is 0 Å². The zero-order chi connectivity index (χ0) is 8.46. The Balaban J connectivity index is 1.93. The molecule has 2 bridgehead atoms. The van der Waals surface area contributed by atoms with E-state index in [1.54, 1.807) is 0 Å². The fourth-order valence-electron chi connectivity index (χ4n) is 2.71. The van der Waals surface area contributed by atoms with Crippen molar-refractivity contribution in [1.82, 2.24) is 0 Å². The molecule has 0 saturated carbocycles. The van der Waals surface area contributed by atoms with Crippen molar-refractivity contribution in [3.63, 3.8) is 0 Å². The van der Waals surface area contributed by atoms with Gasteiger partial charge in [-0.3, -0.25) is 0 Å². The molecule has 3 nitrogen and oxygen atoms in total. The average molecular weight is 170 g/mol. The van der Waals surface area contributed by atoms with E-state index in [1.807, 2.05) is 13.8 Å². The fraction of sp³-hybridized carbons (Fsp3) is 1.00. The third kappa shape index (κ3) is 0.679. The van der Waals surface area contributed by atoms with Crippen LogP contribution in [-0.4, -0.2) is 35.6 Å². The van der Waals surface area contributed by atoms with Crippen molar-refractivity contribution in [1.29, 1.82) is 0 Å². The molecule has 1 N–H and O–H groups in total. The predicted octanol–water partition coefficient (Wildman–Crippen LogP) is 0.168. The lowest BCUT2D eigenvalue weighted by atomic mass is 9.86. The van der Waals surface area contributed by atoms with Crippen LogP contribution in [0.4, 0.5) is 0 Å². The van der Waals surface area contributed by atoms with Crippen molar-refractivity contribution < 1.29 is 14.6 Å². The molecular weight excluding hydrogens is 156 g/mol. The highest BCUT2D eigenvalue weighted by Gasteiger charge is 2.65. The number of aliphatic hydroxyl groups excluding tert-OH is 1. The van der Waals surface area contributed by atoms with E-state index in [9.17, 15) is 5.11 Å². The number of hydrogen-bond donors (Lipinski definition) is 1. The first-order valence-corrected chi connectivity index (χ1v) is 4.69. The largest absolute Gasteiger partial charge is 0.392 e. The van der Waals surface area contributed by atoms with Crippen molar-refractivity contribution in [2.45, 2.75) is 44.4 Å². The van der Waals surface area contributed by atoms with Crippen LogP contribution in [0.25, 0.3) is 0 Å². The number of fused-ring (bicyclic) bond motifs is 5. The molecule has 0 aromatic heterocycles. The molecule has 12 heavy (non-hydrogen) atoms. The van der Waals surface area contributed by atoms with Crippen LogP contribution in [0.2, 0.25) is 0 Å². The zero-order valence-electron chi connectivity index (χ0n) is 7.31. The van der Waals surface area contributed by atoms with Crippen LogP contribution < -0.4 is 0 Å². The topological polar surface area (TPSA) is 42.0 Å². The van der Waals surface area contributed by atoms with Gasteiger partial charge in [-0.1, -0.05) is 13.8 Å². The monoisotopic (exact) mass is 170 g/mol. The van der Waals surface area contributed by atoms with Gasteiger partial charge in [-0.05, 0) is 0 Å². The Morgan fingerprint density at radius 1 is 0.833 bits per heavy atom. The summed E-state index contributed by atoms with van der Waals surface area (Å²) in [7, 11) is 0. The van der Waals surface area contributed by atoms with Gasteiger partial charge in [-0.15, -0.1) is 0 Å². The van der Waals surface area contributed by atoms with Gasteiger partial charge in [0, 0.05) is 11.8 Å². The molecule has 0 radical (unpaired) electrons. The summed E-state index contributed by atoms with van der Waals surface area (Å²) in [4.78, 5) is 0. The van der Waals surface area contributed by atoms with Gasteiger partial charge in [-0.2, -0.15) is 0 Å². The molecule has 3 aliphatic heterocycles. The number of rotatable bonds is 0. The summed E-state index contributed by atoms with van der Waals surface area (Å²) in [6, 6.07) is 0. The molecule has 3 saturated heterocycles. The summed E-state index contributed by atoms with van der Waals surface area (Å²) in [6.07, 6.45) is 0.705. The van der Waals surface area contributed by atoms with Crippen molar-refractivity contribution in [2.24, 2.45) is 11.8 Å². The van der Waals surface area contributed by atoms with E-state index in [0.717, 1.165) is 0 Å². The Labute approximate surface area is 71.7 Å². The van der Waals surface area contributed by atoms with Crippen molar-refractivity contribution in [3.05, 3.63) is 0 Å². The highest BCUT2D eigenvalue weighted by atomic mass is 16.7. The molecule has 3 aliphatic rings. The predicted molar refractivity (Wildman–Crippen MR) is 41.7 cm³/mol. The summed E-state index contributed by atoms with van der Waals surface area (Å²) in [5.41, 5.74) is 0. The molecule has 3 fully saturated rings. The first-order chi connectivity index (χ1) is 5.70. The molecule has 3 heteroatoms. The maximum atomic E-state index is 9.83. The molecule has 0 unspecified atom stereocenters. The summed E-state index contributed by atoms with van der Waals surface area (Å²) < 4.78 is 11.2. The second-order valence-corrected chi connectivity index (χ2v) is 4.34. The molecule has 0 amide bonds. The van der Waals surface area contributed by atoms with Crippen LogP contribution in [0, 0.1) is 11.8 Å². The van der Waals surface area contributed by atoms with Crippen LogP contribution in [0.3, 0.4) is 0 Å². The molecule has 3 heterocycles. The third-order valence-electron chi connectivity index (χ3n) is 3.64. The summed E-state index contributed by atoms with van der Waals surface area (Å²) in [6.45, 7) is 4.10. The second kappa shape index (κ2) is 2.03. The number of hydrogen-bond acceptors (Lipinski definition) is 3. The molecule has 0 aliphatic carbocycles. The van der Waals surface area contributed by atoms with Gasteiger partial charge in [0.05, 0.1) is 18.3 Å². The number of epoxide rings is 1. The van der Waals surface area contributed by atoms with E-state index in [2.05, 4.69) is 0 Å². The van der Waals surface area contributed by atoms with E-state index in [0.29, 0.717) is 12.2 Å². The lowest BCUT2D eigenvalue weighted by Gasteiger charge is -2.38. The van der Waals surface area contributed by atoms with E-state index in [1.165, 1.54) is 0 Å². The van der Waals surface area contributed by atoms with Crippen molar-refractivity contribution >= 4 is 0 Å². The smallest absolute Gasteiger partial charge is 0.113 e.